The van der Waals surface area contributed by atoms with Gasteiger partial charge >= 0.3 is 0 Å². The number of aryl methyl sites for hydroxylation is 1. The van der Waals surface area contributed by atoms with Crippen molar-refractivity contribution < 1.29 is 8.42 Å². The van der Waals surface area contributed by atoms with E-state index in [1.165, 1.54) is 14.7 Å². The van der Waals surface area contributed by atoms with Crippen LogP contribution in [0.3, 0.4) is 0 Å². The summed E-state index contributed by atoms with van der Waals surface area (Å²) in [5.74, 6) is 0.566. The fraction of sp³-hybridized carbons (Fsp3) is 0.579. The van der Waals surface area contributed by atoms with Gasteiger partial charge in [-0.05, 0) is 43.7 Å². The second-order valence-corrected chi connectivity index (χ2v) is 10.7. The van der Waals surface area contributed by atoms with Crippen molar-refractivity contribution in [2.75, 3.05) is 18.8 Å². The normalized spacial score (nSPS) is 21.1. The molecule has 7 nitrogen and oxygen atoms in total. The summed E-state index contributed by atoms with van der Waals surface area (Å²) < 4.78 is 26.3. The molecule has 1 atom stereocenters. The first-order valence-electron chi connectivity index (χ1n) is 9.76. The van der Waals surface area contributed by atoms with E-state index in [4.69, 9.17) is 4.98 Å². The molecular weight excluding hydrogens is 396 g/mol. The maximum absolute atomic E-state index is 12.8. The SMILES string of the molecule is CCS(=O)(=O)N1CCC[C@H]1c1nc2c(c(=O)[nH]1)CN(Cc1sccc1C)CC2. The minimum atomic E-state index is -3.31. The lowest BCUT2D eigenvalue weighted by Gasteiger charge is -2.29. The van der Waals surface area contributed by atoms with E-state index in [0.29, 0.717) is 37.3 Å². The molecule has 0 bridgehead atoms. The number of fused-ring (bicyclic) bond motifs is 1. The lowest BCUT2D eigenvalue weighted by atomic mass is 10.1. The Hall–Kier alpha value is -1.55. The highest BCUT2D eigenvalue weighted by atomic mass is 32.2. The third-order valence-electron chi connectivity index (χ3n) is 5.74. The smallest absolute Gasteiger partial charge is 0.255 e. The quantitative estimate of drug-likeness (QED) is 0.798. The molecule has 4 rings (SSSR count). The van der Waals surface area contributed by atoms with Gasteiger partial charge in [0.25, 0.3) is 5.56 Å². The molecule has 0 aliphatic carbocycles. The summed E-state index contributed by atoms with van der Waals surface area (Å²) in [6, 6.07) is 1.77. The summed E-state index contributed by atoms with van der Waals surface area (Å²) in [4.78, 5) is 24.0. The van der Waals surface area contributed by atoms with Gasteiger partial charge in [0.15, 0.2) is 0 Å². The van der Waals surface area contributed by atoms with Crippen LogP contribution >= 0.6 is 11.3 Å². The van der Waals surface area contributed by atoms with Crippen molar-refractivity contribution in [3.63, 3.8) is 0 Å². The summed E-state index contributed by atoms with van der Waals surface area (Å²) in [5.41, 5.74) is 2.69. The molecule has 2 aromatic rings. The topological polar surface area (TPSA) is 86.4 Å². The van der Waals surface area contributed by atoms with E-state index in [2.05, 4.69) is 28.3 Å². The highest BCUT2D eigenvalue weighted by Gasteiger charge is 2.36. The van der Waals surface area contributed by atoms with Gasteiger partial charge in [0, 0.05) is 37.5 Å². The number of rotatable bonds is 5. The van der Waals surface area contributed by atoms with Crippen LogP contribution < -0.4 is 5.56 Å². The minimum absolute atomic E-state index is 0.0652. The Kier molecular flexibility index (Phi) is 5.43. The Morgan fingerprint density at radius 3 is 2.89 bits per heavy atom. The molecule has 0 saturated carbocycles. The maximum atomic E-state index is 12.8. The Morgan fingerprint density at radius 1 is 1.36 bits per heavy atom. The average Bonchev–Trinajstić information content (AvgIpc) is 3.32. The van der Waals surface area contributed by atoms with Gasteiger partial charge in [-0.25, -0.2) is 13.4 Å². The van der Waals surface area contributed by atoms with E-state index in [9.17, 15) is 13.2 Å². The average molecular weight is 423 g/mol. The first kappa shape index (κ1) is 19.8. The molecule has 152 valence electrons. The van der Waals surface area contributed by atoms with Crippen LogP contribution in [-0.4, -0.2) is 46.4 Å². The number of hydrogen-bond donors (Lipinski definition) is 1. The minimum Gasteiger partial charge on any atom is -0.309 e. The summed E-state index contributed by atoms with van der Waals surface area (Å²) in [7, 11) is -3.31. The van der Waals surface area contributed by atoms with Gasteiger partial charge in [0.05, 0.1) is 23.1 Å². The molecule has 2 aromatic heterocycles. The fourth-order valence-electron chi connectivity index (χ4n) is 4.07. The molecule has 1 N–H and O–H groups in total. The lowest BCUT2D eigenvalue weighted by molar-refractivity contribution is 0.242. The fourth-order valence-corrected chi connectivity index (χ4v) is 6.35. The third kappa shape index (κ3) is 3.68. The van der Waals surface area contributed by atoms with Crippen molar-refractivity contribution in [2.24, 2.45) is 0 Å². The zero-order valence-electron chi connectivity index (χ0n) is 16.3. The van der Waals surface area contributed by atoms with Crippen LogP contribution in [-0.2, 0) is 29.5 Å². The highest BCUT2D eigenvalue weighted by Crippen LogP contribution is 2.33. The lowest BCUT2D eigenvalue weighted by Crippen LogP contribution is -2.38. The van der Waals surface area contributed by atoms with E-state index >= 15 is 0 Å². The molecule has 0 spiro atoms. The molecule has 2 aliphatic rings. The molecule has 0 unspecified atom stereocenters. The molecule has 0 aromatic carbocycles. The van der Waals surface area contributed by atoms with Crippen LogP contribution in [0.2, 0.25) is 0 Å². The Morgan fingerprint density at radius 2 is 2.18 bits per heavy atom. The first-order chi connectivity index (χ1) is 13.4. The second-order valence-electron chi connectivity index (χ2n) is 7.53. The molecule has 1 fully saturated rings. The van der Waals surface area contributed by atoms with Crippen LogP contribution in [0.15, 0.2) is 16.2 Å². The predicted molar refractivity (Wildman–Crippen MR) is 110 cm³/mol. The van der Waals surface area contributed by atoms with Crippen molar-refractivity contribution in [3.05, 3.63) is 49.3 Å². The van der Waals surface area contributed by atoms with Gasteiger partial charge in [-0.1, -0.05) is 0 Å². The number of nitrogens with one attached hydrogen (secondary N) is 1. The van der Waals surface area contributed by atoms with Crippen LogP contribution in [0.4, 0.5) is 0 Å². The van der Waals surface area contributed by atoms with Gasteiger partial charge in [0.2, 0.25) is 10.0 Å². The van der Waals surface area contributed by atoms with Gasteiger partial charge in [-0.2, -0.15) is 4.31 Å². The molecule has 4 heterocycles. The van der Waals surface area contributed by atoms with E-state index < -0.39 is 10.0 Å². The Labute approximate surface area is 169 Å². The van der Waals surface area contributed by atoms with Gasteiger partial charge in [-0.15, -0.1) is 11.3 Å². The summed E-state index contributed by atoms with van der Waals surface area (Å²) in [6.45, 7) is 6.53. The van der Waals surface area contributed by atoms with Crippen LogP contribution in [0.25, 0.3) is 0 Å². The molecule has 0 amide bonds. The number of aromatic nitrogens is 2. The highest BCUT2D eigenvalue weighted by molar-refractivity contribution is 7.89. The van der Waals surface area contributed by atoms with Gasteiger partial charge in [0.1, 0.15) is 5.82 Å². The second kappa shape index (κ2) is 7.70. The van der Waals surface area contributed by atoms with E-state index in [1.807, 2.05) is 0 Å². The van der Waals surface area contributed by atoms with Gasteiger partial charge in [-0.3, -0.25) is 9.69 Å². The number of sulfonamides is 1. The standard InChI is InChI=1S/C19H26N4O3S2/c1-3-28(25,26)23-8-4-5-16(23)18-20-15-6-9-22(11-14(15)19(24)21-18)12-17-13(2)7-10-27-17/h7,10,16H,3-6,8-9,11-12H2,1-2H3,(H,20,21,24)/t16-/m0/s1. The van der Waals surface area contributed by atoms with Crippen molar-refractivity contribution in [1.82, 2.24) is 19.2 Å². The Balaban J connectivity index is 1.58. The van der Waals surface area contributed by atoms with Gasteiger partial charge < -0.3 is 4.98 Å². The first-order valence-corrected chi connectivity index (χ1v) is 12.2. The van der Waals surface area contributed by atoms with Crippen LogP contribution in [0, 0.1) is 6.92 Å². The zero-order valence-corrected chi connectivity index (χ0v) is 17.9. The molecule has 28 heavy (non-hydrogen) atoms. The number of nitrogens with zero attached hydrogens (tertiary/aromatic N) is 3. The van der Waals surface area contributed by atoms with E-state index in [1.54, 1.807) is 18.3 Å². The number of H-pyrrole nitrogens is 1. The van der Waals surface area contributed by atoms with E-state index in [-0.39, 0.29) is 17.4 Å². The largest absolute Gasteiger partial charge is 0.309 e. The van der Waals surface area contributed by atoms with Crippen LogP contribution in [0.5, 0.6) is 0 Å². The molecule has 0 radical (unpaired) electrons. The predicted octanol–water partition coefficient (Wildman–Crippen LogP) is 2.18. The number of aromatic amines is 1. The zero-order chi connectivity index (χ0) is 19.9. The third-order valence-corrected chi connectivity index (χ3v) is 8.63. The van der Waals surface area contributed by atoms with Crippen molar-refractivity contribution in [2.45, 2.75) is 52.2 Å². The Bertz CT molecular complexity index is 1030. The van der Waals surface area contributed by atoms with Crippen molar-refractivity contribution >= 4 is 21.4 Å². The van der Waals surface area contributed by atoms with Crippen molar-refractivity contribution in [1.29, 1.82) is 0 Å². The summed E-state index contributed by atoms with van der Waals surface area (Å²) >= 11 is 1.75. The van der Waals surface area contributed by atoms with Crippen molar-refractivity contribution in [3.8, 4) is 0 Å². The monoisotopic (exact) mass is 422 g/mol. The van der Waals surface area contributed by atoms with E-state index in [0.717, 1.165) is 25.2 Å². The molecule has 1 saturated heterocycles. The summed E-state index contributed by atoms with van der Waals surface area (Å²) in [5, 5.41) is 2.10. The molecular formula is C19H26N4O3S2. The summed E-state index contributed by atoms with van der Waals surface area (Å²) in [6.07, 6.45) is 2.20. The number of thiophene rings is 1. The molecule has 9 heteroatoms. The number of hydrogen-bond acceptors (Lipinski definition) is 6. The molecule has 2 aliphatic heterocycles. The van der Waals surface area contributed by atoms with Crippen LogP contribution in [0.1, 0.15) is 53.3 Å². The maximum Gasteiger partial charge on any atom is 0.255 e.